The summed E-state index contributed by atoms with van der Waals surface area (Å²) < 4.78 is 4.67. The van der Waals surface area contributed by atoms with E-state index >= 15 is 0 Å². The Morgan fingerprint density at radius 3 is 2.21 bits per heavy atom. The van der Waals surface area contributed by atoms with Gasteiger partial charge in [0.25, 0.3) is 11.8 Å². The van der Waals surface area contributed by atoms with Crippen LogP contribution < -0.4 is 10.6 Å². The van der Waals surface area contributed by atoms with E-state index in [0.29, 0.717) is 11.3 Å². The van der Waals surface area contributed by atoms with E-state index in [2.05, 4.69) is 15.4 Å². The van der Waals surface area contributed by atoms with Gasteiger partial charge in [0.1, 0.15) is 5.70 Å². The number of amides is 2. The van der Waals surface area contributed by atoms with E-state index in [0.717, 1.165) is 5.56 Å². The van der Waals surface area contributed by atoms with E-state index in [1.165, 1.54) is 25.3 Å². The van der Waals surface area contributed by atoms with Gasteiger partial charge in [0.15, 0.2) is 0 Å². The highest BCUT2D eigenvalue weighted by Crippen LogP contribution is 2.16. The summed E-state index contributed by atoms with van der Waals surface area (Å²) in [4.78, 5) is 37.2. The first-order valence-corrected chi connectivity index (χ1v) is 10.3. The SMILES string of the molecule is COC(=O)c1ccc(NC(=O)/C(=C/C=C/c2ccccc2)NC(=O)c2ccccc2Cl)cc1. The zero-order valence-corrected chi connectivity index (χ0v) is 18.5. The molecule has 0 aliphatic carbocycles. The lowest BCUT2D eigenvalue weighted by molar-refractivity contribution is -0.113. The second-order valence-electron chi connectivity index (χ2n) is 6.81. The van der Waals surface area contributed by atoms with E-state index in [1.807, 2.05) is 30.3 Å². The Kier molecular flexibility index (Phi) is 8.16. The summed E-state index contributed by atoms with van der Waals surface area (Å²) in [5.74, 6) is -1.54. The van der Waals surface area contributed by atoms with Crippen molar-refractivity contribution in [2.75, 3.05) is 12.4 Å². The van der Waals surface area contributed by atoms with Crippen LogP contribution in [0.4, 0.5) is 5.69 Å². The van der Waals surface area contributed by atoms with Gasteiger partial charge in [-0.3, -0.25) is 9.59 Å². The molecule has 0 fully saturated rings. The van der Waals surface area contributed by atoms with Crippen molar-refractivity contribution in [2.24, 2.45) is 0 Å². The lowest BCUT2D eigenvalue weighted by atomic mass is 10.2. The molecule has 0 heterocycles. The number of allylic oxidation sites excluding steroid dienone is 2. The smallest absolute Gasteiger partial charge is 0.337 e. The molecular weight excluding hydrogens is 440 g/mol. The molecule has 7 heteroatoms. The monoisotopic (exact) mass is 460 g/mol. The third-order valence-corrected chi connectivity index (χ3v) is 4.86. The number of ether oxygens (including phenoxy) is 1. The van der Waals surface area contributed by atoms with Gasteiger partial charge >= 0.3 is 5.97 Å². The minimum atomic E-state index is -0.543. The van der Waals surface area contributed by atoms with Crippen molar-refractivity contribution in [3.05, 3.63) is 118 Å². The largest absolute Gasteiger partial charge is 0.465 e. The summed E-state index contributed by atoms with van der Waals surface area (Å²) in [6, 6.07) is 22.3. The van der Waals surface area contributed by atoms with Crippen molar-refractivity contribution in [1.29, 1.82) is 0 Å². The molecule has 0 unspecified atom stereocenters. The van der Waals surface area contributed by atoms with Gasteiger partial charge in [-0.2, -0.15) is 0 Å². The molecule has 0 spiro atoms. The Hall–Kier alpha value is -4.16. The molecule has 3 aromatic carbocycles. The number of rotatable bonds is 7. The van der Waals surface area contributed by atoms with E-state index in [1.54, 1.807) is 48.6 Å². The number of nitrogens with one attached hydrogen (secondary N) is 2. The van der Waals surface area contributed by atoms with E-state index in [4.69, 9.17) is 11.6 Å². The highest BCUT2D eigenvalue weighted by atomic mass is 35.5. The lowest BCUT2D eigenvalue weighted by Crippen LogP contribution is -2.31. The molecule has 0 atom stereocenters. The molecule has 3 rings (SSSR count). The van der Waals surface area contributed by atoms with Crippen molar-refractivity contribution in [1.82, 2.24) is 5.32 Å². The molecule has 6 nitrogen and oxygen atoms in total. The summed E-state index contributed by atoms with van der Waals surface area (Å²) in [5.41, 5.74) is 1.99. The first-order chi connectivity index (χ1) is 16.0. The van der Waals surface area contributed by atoms with E-state index < -0.39 is 17.8 Å². The minimum absolute atomic E-state index is 0.0177. The highest BCUT2D eigenvalue weighted by Gasteiger charge is 2.16. The molecule has 166 valence electrons. The fourth-order valence-electron chi connectivity index (χ4n) is 2.83. The number of carbonyl (C=O) groups is 3. The van der Waals surface area contributed by atoms with Crippen molar-refractivity contribution in [2.45, 2.75) is 0 Å². The molecule has 0 radical (unpaired) electrons. The number of benzene rings is 3. The van der Waals surface area contributed by atoms with Gasteiger partial charge < -0.3 is 15.4 Å². The highest BCUT2D eigenvalue weighted by molar-refractivity contribution is 6.34. The van der Waals surface area contributed by atoms with Crippen LogP contribution in [0.2, 0.25) is 5.02 Å². The maximum absolute atomic E-state index is 12.9. The number of carbonyl (C=O) groups excluding carboxylic acids is 3. The molecular formula is C26H21ClN2O4. The summed E-state index contributed by atoms with van der Waals surface area (Å²) in [7, 11) is 1.29. The van der Waals surface area contributed by atoms with Crippen molar-refractivity contribution >= 4 is 41.1 Å². The normalized spacial score (nSPS) is 11.2. The first-order valence-electron chi connectivity index (χ1n) is 9.97. The van der Waals surface area contributed by atoms with Crippen LogP contribution in [0.15, 0.2) is 96.7 Å². The predicted octanol–water partition coefficient (Wildman–Crippen LogP) is 5.09. The second kappa shape index (κ2) is 11.5. The second-order valence-corrected chi connectivity index (χ2v) is 7.21. The maximum atomic E-state index is 12.9. The van der Waals surface area contributed by atoms with E-state index in [9.17, 15) is 14.4 Å². The van der Waals surface area contributed by atoms with Crippen molar-refractivity contribution in [3.63, 3.8) is 0 Å². The molecule has 3 aromatic rings. The number of methoxy groups -OCH3 is 1. The van der Waals surface area contributed by atoms with Crippen LogP contribution in [0.3, 0.4) is 0 Å². The average Bonchev–Trinajstić information content (AvgIpc) is 2.84. The van der Waals surface area contributed by atoms with Gasteiger partial charge in [-0.15, -0.1) is 0 Å². The van der Waals surface area contributed by atoms with Crippen LogP contribution in [0, 0.1) is 0 Å². The van der Waals surface area contributed by atoms with Crippen molar-refractivity contribution < 1.29 is 19.1 Å². The van der Waals surface area contributed by atoms with Crippen molar-refractivity contribution in [3.8, 4) is 0 Å². The molecule has 0 aromatic heterocycles. The topological polar surface area (TPSA) is 84.5 Å². The minimum Gasteiger partial charge on any atom is -0.465 e. The van der Waals surface area contributed by atoms with Crippen LogP contribution >= 0.6 is 11.6 Å². The predicted molar refractivity (Wildman–Crippen MR) is 129 cm³/mol. The molecule has 0 saturated heterocycles. The summed E-state index contributed by atoms with van der Waals surface area (Å²) in [5, 5.41) is 5.60. The third-order valence-electron chi connectivity index (χ3n) is 4.53. The molecule has 0 saturated carbocycles. The Labute approximate surface area is 196 Å². The molecule has 0 aliphatic rings. The standard InChI is InChI=1S/C26H21ClN2O4/c1-33-26(32)19-14-16-20(17-15-19)28-25(31)23(13-7-10-18-8-3-2-4-9-18)29-24(30)21-11-5-6-12-22(21)27/h2-17H,1H3,(H,28,31)(H,29,30)/b10-7+,23-13-. The lowest BCUT2D eigenvalue weighted by Gasteiger charge is -2.11. The Morgan fingerprint density at radius 1 is 0.879 bits per heavy atom. The summed E-state index contributed by atoms with van der Waals surface area (Å²) in [6.45, 7) is 0. The fraction of sp³-hybridized carbons (Fsp3) is 0.0385. The Morgan fingerprint density at radius 2 is 1.55 bits per heavy atom. The number of hydrogen-bond donors (Lipinski definition) is 2. The number of hydrogen-bond acceptors (Lipinski definition) is 4. The van der Waals surface area contributed by atoms with Crippen LogP contribution in [0.1, 0.15) is 26.3 Å². The van der Waals surface area contributed by atoms with Gasteiger partial charge in [0, 0.05) is 5.69 Å². The molecule has 0 aliphatic heterocycles. The van der Waals surface area contributed by atoms with Gasteiger partial charge in [-0.25, -0.2) is 4.79 Å². The molecule has 2 amide bonds. The van der Waals surface area contributed by atoms with E-state index in [-0.39, 0.29) is 16.3 Å². The summed E-state index contributed by atoms with van der Waals surface area (Å²) >= 11 is 6.12. The maximum Gasteiger partial charge on any atom is 0.337 e. The number of esters is 1. The quantitative estimate of drug-likeness (QED) is 0.292. The summed E-state index contributed by atoms with van der Waals surface area (Å²) in [6.07, 6.45) is 4.97. The van der Waals surface area contributed by atoms with Gasteiger partial charge in [-0.1, -0.05) is 66.2 Å². The molecule has 0 bridgehead atoms. The van der Waals surface area contributed by atoms with Crippen LogP contribution in [-0.2, 0) is 9.53 Å². The average molecular weight is 461 g/mol. The van der Waals surface area contributed by atoms with Gasteiger partial charge in [0.05, 0.1) is 23.3 Å². The zero-order chi connectivity index (χ0) is 23.6. The zero-order valence-electron chi connectivity index (χ0n) is 17.7. The molecule has 33 heavy (non-hydrogen) atoms. The first kappa shape index (κ1) is 23.5. The number of anilines is 1. The van der Waals surface area contributed by atoms with Gasteiger partial charge in [0.2, 0.25) is 0 Å². The number of halogens is 1. The van der Waals surface area contributed by atoms with Gasteiger partial charge in [-0.05, 0) is 48.0 Å². The molecule has 2 N–H and O–H groups in total. The fourth-order valence-corrected chi connectivity index (χ4v) is 3.06. The Bertz CT molecular complexity index is 1200. The van der Waals surface area contributed by atoms with Crippen LogP contribution in [0.5, 0.6) is 0 Å². The van der Waals surface area contributed by atoms with Crippen LogP contribution in [-0.4, -0.2) is 24.9 Å². The Balaban J connectivity index is 1.82. The third kappa shape index (κ3) is 6.66. The van der Waals surface area contributed by atoms with Crippen LogP contribution in [0.25, 0.3) is 6.08 Å².